The number of aliphatic hydroxyl groups excluding tert-OH is 1. The monoisotopic (exact) mass is 244 g/mol. The molecule has 0 aliphatic carbocycles. The summed E-state index contributed by atoms with van der Waals surface area (Å²) < 4.78 is 5.60. The van der Waals surface area contributed by atoms with Gasteiger partial charge in [-0.2, -0.15) is 0 Å². The van der Waals surface area contributed by atoms with Crippen LogP contribution in [0.25, 0.3) is 0 Å². The summed E-state index contributed by atoms with van der Waals surface area (Å²) in [7, 11) is 0. The van der Waals surface area contributed by atoms with Crippen molar-refractivity contribution in [2.75, 3.05) is 39.4 Å². The third-order valence-corrected chi connectivity index (χ3v) is 3.05. The van der Waals surface area contributed by atoms with Crippen molar-refractivity contribution in [1.82, 2.24) is 10.2 Å². The highest BCUT2D eigenvalue weighted by molar-refractivity contribution is 5.77. The van der Waals surface area contributed by atoms with E-state index in [1.807, 2.05) is 6.92 Å². The van der Waals surface area contributed by atoms with Gasteiger partial charge in [0.1, 0.15) is 6.61 Å². The molecule has 0 aromatic rings. The predicted molar refractivity (Wildman–Crippen MR) is 65.8 cm³/mol. The summed E-state index contributed by atoms with van der Waals surface area (Å²) >= 11 is 0. The minimum atomic E-state index is -0.189. The van der Waals surface area contributed by atoms with Crippen LogP contribution in [0.3, 0.4) is 0 Å². The number of hydrogen-bond donors (Lipinski definition) is 2. The van der Waals surface area contributed by atoms with Gasteiger partial charge in [-0.05, 0) is 13.3 Å². The number of hydrogen-bond acceptors (Lipinski definition) is 4. The van der Waals surface area contributed by atoms with E-state index < -0.39 is 0 Å². The fraction of sp³-hybridized carbons (Fsp3) is 0.917. The number of amides is 1. The zero-order valence-corrected chi connectivity index (χ0v) is 10.9. The quantitative estimate of drug-likeness (QED) is 0.630. The van der Waals surface area contributed by atoms with E-state index in [1.165, 1.54) is 0 Å². The van der Waals surface area contributed by atoms with Crippen molar-refractivity contribution < 1.29 is 14.6 Å². The van der Waals surface area contributed by atoms with E-state index in [4.69, 9.17) is 9.84 Å². The molecule has 0 spiro atoms. The highest BCUT2D eigenvalue weighted by atomic mass is 16.5. The zero-order valence-electron chi connectivity index (χ0n) is 10.9. The molecule has 1 aliphatic rings. The lowest BCUT2D eigenvalue weighted by atomic mass is 10.0. The average Bonchev–Trinajstić information content (AvgIpc) is 2.29. The van der Waals surface area contributed by atoms with Gasteiger partial charge < -0.3 is 20.1 Å². The summed E-state index contributed by atoms with van der Waals surface area (Å²) in [6.07, 6.45) is 2.00. The smallest absolute Gasteiger partial charge is 0.248 e. The number of ether oxygens (including phenoxy) is 1. The van der Waals surface area contributed by atoms with Gasteiger partial charge in [0.2, 0.25) is 5.91 Å². The Morgan fingerprint density at radius 1 is 1.47 bits per heavy atom. The Morgan fingerprint density at radius 2 is 2.18 bits per heavy atom. The molecular weight excluding hydrogens is 220 g/mol. The standard InChI is InChI=1S/C12H24N2O3/c1-3-4-5-14(6-7-15)11(16)8-17-12(2)9-13-10-12/h13,15H,3-10H2,1-2H3. The molecule has 1 fully saturated rings. The van der Waals surface area contributed by atoms with Crippen LogP contribution >= 0.6 is 0 Å². The van der Waals surface area contributed by atoms with Crippen molar-refractivity contribution in [3.8, 4) is 0 Å². The fourth-order valence-electron chi connectivity index (χ4n) is 1.74. The Morgan fingerprint density at radius 3 is 2.65 bits per heavy atom. The molecule has 0 bridgehead atoms. The van der Waals surface area contributed by atoms with Crippen molar-refractivity contribution in [3.63, 3.8) is 0 Å². The lowest BCUT2D eigenvalue weighted by Gasteiger charge is -2.39. The highest BCUT2D eigenvalue weighted by Crippen LogP contribution is 2.15. The molecule has 0 unspecified atom stereocenters. The van der Waals surface area contributed by atoms with Crippen LogP contribution in [-0.4, -0.2) is 60.9 Å². The minimum absolute atomic E-state index is 0.00821. The second kappa shape index (κ2) is 6.93. The number of unbranched alkanes of at least 4 members (excludes halogenated alkanes) is 1. The van der Waals surface area contributed by atoms with E-state index in [9.17, 15) is 4.79 Å². The van der Waals surface area contributed by atoms with Crippen LogP contribution in [-0.2, 0) is 9.53 Å². The van der Waals surface area contributed by atoms with Gasteiger partial charge >= 0.3 is 0 Å². The minimum Gasteiger partial charge on any atom is -0.395 e. The second-order valence-electron chi connectivity index (χ2n) is 4.80. The Kier molecular flexibility index (Phi) is 5.88. The normalized spacial score (nSPS) is 17.6. The third kappa shape index (κ3) is 4.61. The molecule has 1 rings (SSSR count). The molecule has 0 aromatic heterocycles. The van der Waals surface area contributed by atoms with Crippen molar-refractivity contribution in [2.45, 2.75) is 32.3 Å². The molecule has 1 heterocycles. The molecule has 5 nitrogen and oxygen atoms in total. The number of aliphatic hydroxyl groups is 1. The first-order chi connectivity index (χ1) is 8.11. The number of nitrogens with zero attached hydrogens (tertiary/aromatic N) is 1. The largest absolute Gasteiger partial charge is 0.395 e. The number of carbonyl (C=O) groups excluding carboxylic acids is 1. The predicted octanol–water partition coefficient (Wildman–Crippen LogP) is -0.0141. The van der Waals surface area contributed by atoms with Crippen LogP contribution in [0, 0.1) is 0 Å². The zero-order chi connectivity index (χ0) is 12.7. The van der Waals surface area contributed by atoms with Crippen molar-refractivity contribution >= 4 is 5.91 Å². The van der Waals surface area contributed by atoms with Crippen molar-refractivity contribution in [3.05, 3.63) is 0 Å². The maximum atomic E-state index is 11.9. The first kappa shape index (κ1) is 14.4. The molecule has 1 amide bonds. The molecule has 1 aliphatic heterocycles. The second-order valence-corrected chi connectivity index (χ2v) is 4.80. The topological polar surface area (TPSA) is 61.8 Å². The molecule has 1 saturated heterocycles. The molecule has 0 atom stereocenters. The van der Waals surface area contributed by atoms with Crippen LogP contribution < -0.4 is 5.32 Å². The summed E-state index contributed by atoms with van der Waals surface area (Å²) in [5.41, 5.74) is -0.189. The molecule has 0 saturated carbocycles. The van der Waals surface area contributed by atoms with Crippen LogP contribution in [0.1, 0.15) is 26.7 Å². The van der Waals surface area contributed by atoms with E-state index in [0.29, 0.717) is 13.1 Å². The maximum absolute atomic E-state index is 11.9. The van der Waals surface area contributed by atoms with Gasteiger partial charge in [0.15, 0.2) is 0 Å². The summed E-state index contributed by atoms with van der Waals surface area (Å²) in [6, 6.07) is 0. The molecule has 2 N–H and O–H groups in total. The Balaban J connectivity index is 2.30. The van der Waals surface area contributed by atoms with Crippen LogP contribution in [0.5, 0.6) is 0 Å². The first-order valence-corrected chi connectivity index (χ1v) is 6.34. The first-order valence-electron chi connectivity index (χ1n) is 6.34. The van der Waals surface area contributed by atoms with Gasteiger partial charge in [-0.15, -0.1) is 0 Å². The summed E-state index contributed by atoms with van der Waals surface area (Å²) in [5, 5.41) is 12.0. The third-order valence-electron chi connectivity index (χ3n) is 3.05. The van der Waals surface area contributed by atoms with Crippen molar-refractivity contribution in [2.24, 2.45) is 0 Å². The SMILES string of the molecule is CCCCN(CCO)C(=O)COC1(C)CNC1. The summed E-state index contributed by atoms with van der Waals surface area (Å²) in [6.45, 7) is 6.91. The lowest BCUT2D eigenvalue weighted by molar-refractivity contribution is -0.146. The molecule has 100 valence electrons. The van der Waals surface area contributed by atoms with Gasteiger partial charge in [-0.3, -0.25) is 4.79 Å². The maximum Gasteiger partial charge on any atom is 0.248 e. The summed E-state index contributed by atoms with van der Waals surface area (Å²) in [5.74, 6) is -0.0272. The molecule has 0 aromatic carbocycles. The van der Waals surface area contributed by atoms with E-state index in [2.05, 4.69) is 12.2 Å². The molecule has 5 heteroatoms. The lowest BCUT2D eigenvalue weighted by Crippen LogP contribution is -2.59. The van der Waals surface area contributed by atoms with Gasteiger partial charge in [-0.25, -0.2) is 0 Å². The van der Waals surface area contributed by atoms with Crippen LogP contribution in [0.4, 0.5) is 0 Å². The van der Waals surface area contributed by atoms with Gasteiger partial charge in [0.25, 0.3) is 0 Å². The Labute approximate surface area is 103 Å². The van der Waals surface area contributed by atoms with E-state index >= 15 is 0 Å². The number of carbonyl (C=O) groups is 1. The molecule has 17 heavy (non-hydrogen) atoms. The van der Waals surface area contributed by atoms with E-state index in [1.54, 1.807) is 4.90 Å². The molecular formula is C12H24N2O3. The Hall–Kier alpha value is -0.650. The van der Waals surface area contributed by atoms with Crippen LogP contribution in [0.2, 0.25) is 0 Å². The number of rotatable bonds is 8. The fourth-order valence-corrected chi connectivity index (χ4v) is 1.74. The number of nitrogens with one attached hydrogen (secondary N) is 1. The molecule has 0 radical (unpaired) electrons. The highest BCUT2D eigenvalue weighted by Gasteiger charge is 2.33. The van der Waals surface area contributed by atoms with Gasteiger partial charge in [0, 0.05) is 26.2 Å². The van der Waals surface area contributed by atoms with E-state index in [-0.39, 0.29) is 24.7 Å². The van der Waals surface area contributed by atoms with Crippen molar-refractivity contribution in [1.29, 1.82) is 0 Å². The summed E-state index contributed by atoms with van der Waals surface area (Å²) in [4.78, 5) is 13.6. The Bertz CT molecular complexity index is 242. The van der Waals surface area contributed by atoms with Gasteiger partial charge in [0.05, 0.1) is 12.2 Å². The average molecular weight is 244 g/mol. The van der Waals surface area contributed by atoms with Crippen LogP contribution in [0.15, 0.2) is 0 Å². The van der Waals surface area contributed by atoms with Gasteiger partial charge in [-0.1, -0.05) is 13.3 Å². The van der Waals surface area contributed by atoms with E-state index in [0.717, 1.165) is 25.9 Å².